The number of rotatable bonds is 23. The molecule has 0 aromatic rings. The molecule has 0 heterocycles. The van der Waals surface area contributed by atoms with Crippen LogP contribution in [0.25, 0.3) is 0 Å². The number of carboxylic acids is 3. The third kappa shape index (κ3) is 16.4. The van der Waals surface area contributed by atoms with Crippen molar-refractivity contribution >= 4 is 17.9 Å². The van der Waals surface area contributed by atoms with Gasteiger partial charge in [-0.3, -0.25) is 14.1 Å². The molecule has 7 nitrogen and oxygen atoms in total. The lowest BCUT2D eigenvalue weighted by Crippen LogP contribution is -2.48. The Labute approximate surface area is 213 Å². The number of aliphatic carboxylic acids is 3. The van der Waals surface area contributed by atoms with Crippen LogP contribution in [0.1, 0.15) is 111 Å². The monoisotopic (exact) mass is 497 g/mol. The molecule has 0 aliphatic rings. The summed E-state index contributed by atoms with van der Waals surface area (Å²) in [5.41, 5.74) is 0. The number of carbonyl (C=O) groups excluding carboxylic acids is 1. The number of quaternary nitrogens is 1. The van der Waals surface area contributed by atoms with Crippen molar-refractivity contribution in [3.8, 4) is 0 Å². The maximum Gasteiger partial charge on any atom is 0.306 e. The molecule has 7 heteroatoms. The maximum atomic E-state index is 11.4. The van der Waals surface area contributed by atoms with E-state index in [9.17, 15) is 29.7 Å². The first kappa shape index (κ1) is 33.1. The Balaban J connectivity index is 5.13. The van der Waals surface area contributed by atoms with E-state index in [-0.39, 0.29) is 0 Å². The number of allylic oxidation sites excluding steroid dienone is 1. The van der Waals surface area contributed by atoms with Gasteiger partial charge >= 0.3 is 11.9 Å². The molecule has 0 fully saturated rings. The lowest BCUT2D eigenvalue weighted by atomic mass is 10.0. The molecule has 35 heavy (non-hydrogen) atoms. The van der Waals surface area contributed by atoms with E-state index in [1.54, 1.807) is 20.8 Å². The number of hydrogen-bond donors (Lipinski definition) is 2. The molecule has 0 aliphatic heterocycles. The summed E-state index contributed by atoms with van der Waals surface area (Å²) in [5.74, 6) is -4.47. The number of nitrogens with zero attached hydrogens (tertiary/aromatic N) is 1. The molecule has 0 bridgehead atoms. The van der Waals surface area contributed by atoms with Crippen LogP contribution < -0.4 is 5.11 Å². The highest BCUT2D eigenvalue weighted by atomic mass is 16.4. The van der Waals surface area contributed by atoms with Gasteiger partial charge in [0.05, 0.1) is 37.7 Å². The highest BCUT2D eigenvalue weighted by Crippen LogP contribution is 2.21. The van der Waals surface area contributed by atoms with Crippen LogP contribution in [0.4, 0.5) is 0 Å². The van der Waals surface area contributed by atoms with Gasteiger partial charge in [0.15, 0.2) is 0 Å². The van der Waals surface area contributed by atoms with Crippen LogP contribution in [0.15, 0.2) is 12.3 Å². The summed E-state index contributed by atoms with van der Waals surface area (Å²) in [6, 6.07) is 0. The second-order valence-electron chi connectivity index (χ2n) is 10.5. The van der Waals surface area contributed by atoms with E-state index in [2.05, 4.69) is 19.2 Å². The lowest BCUT2D eigenvalue weighted by molar-refractivity contribution is -0.881. The van der Waals surface area contributed by atoms with Gasteiger partial charge in [-0.25, -0.2) is 0 Å². The second-order valence-corrected chi connectivity index (χ2v) is 10.5. The second kappa shape index (κ2) is 19.3. The van der Waals surface area contributed by atoms with Crippen molar-refractivity contribution in [2.45, 2.75) is 111 Å². The third-order valence-electron chi connectivity index (χ3n) is 7.16. The molecule has 2 N–H and O–H groups in total. The minimum Gasteiger partial charge on any atom is -0.550 e. The molecule has 0 aliphatic carbocycles. The summed E-state index contributed by atoms with van der Waals surface area (Å²) < 4.78 is 0.407. The number of unbranched alkanes of at least 4 members (excludes halogenated alkanes) is 9. The molecule has 0 rings (SSSR count). The van der Waals surface area contributed by atoms with Crippen molar-refractivity contribution in [2.75, 3.05) is 19.6 Å². The highest BCUT2D eigenvalue weighted by molar-refractivity contribution is 5.69. The number of carbonyl (C=O) groups is 3. The molecular weight excluding hydrogens is 446 g/mol. The van der Waals surface area contributed by atoms with Gasteiger partial charge in [-0.05, 0) is 18.9 Å². The first-order valence-corrected chi connectivity index (χ1v) is 13.7. The van der Waals surface area contributed by atoms with Crippen LogP contribution in [-0.4, -0.2) is 52.2 Å². The molecule has 3 atom stereocenters. The third-order valence-corrected chi connectivity index (χ3v) is 7.16. The lowest BCUT2D eigenvalue weighted by Gasteiger charge is -2.37. The van der Waals surface area contributed by atoms with Crippen LogP contribution in [0.5, 0.6) is 0 Å². The standard InChI is InChI=1S/C28H51NO6/c1-5-6-7-8-9-10-11-12-13-14-15-19-29(20-16-23(2)26(30)31,21-17-24(3)27(32)33)22-18-25(4)28(34)35/h15,19,23-25H,5-14,16-18,20-22H2,1-4H3,(H2-,30,31,32,33,34,35)/b19-15+. The summed E-state index contributed by atoms with van der Waals surface area (Å²) in [6.07, 6.45) is 17.7. The fourth-order valence-corrected chi connectivity index (χ4v) is 4.15. The van der Waals surface area contributed by atoms with Gasteiger partial charge in [-0.1, -0.05) is 79.1 Å². The Morgan fingerprint density at radius 1 is 0.714 bits per heavy atom. The van der Waals surface area contributed by atoms with Gasteiger partial charge in [0.1, 0.15) is 0 Å². The Morgan fingerprint density at radius 2 is 1.11 bits per heavy atom. The molecule has 0 radical (unpaired) electrons. The van der Waals surface area contributed by atoms with Crippen LogP contribution in [-0.2, 0) is 14.4 Å². The van der Waals surface area contributed by atoms with Crippen molar-refractivity contribution in [3.05, 3.63) is 12.3 Å². The maximum absolute atomic E-state index is 11.4. The molecule has 0 amide bonds. The van der Waals surface area contributed by atoms with Crippen LogP contribution in [0.2, 0.25) is 0 Å². The Bertz CT molecular complexity index is 573. The minimum absolute atomic E-state index is 0.396. The van der Waals surface area contributed by atoms with E-state index in [0.29, 0.717) is 43.4 Å². The smallest absolute Gasteiger partial charge is 0.306 e. The number of hydrogen-bond acceptors (Lipinski definition) is 4. The summed E-state index contributed by atoms with van der Waals surface area (Å²) >= 11 is 0. The molecule has 0 aromatic heterocycles. The summed E-state index contributed by atoms with van der Waals surface area (Å²) in [6.45, 7) is 8.78. The van der Waals surface area contributed by atoms with E-state index in [1.807, 2.05) is 0 Å². The van der Waals surface area contributed by atoms with Crippen LogP contribution in [0.3, 0.4) is 0 Å². The molecular formula is C28H51NO6. The summed E-state index contributed by atoms with van der Waals surface area (Å²) in [7, 11) is 0. The quantitative estimate of drug-likeness (QED) is 0.147. The van der Waals surface area contributed by atoms with Gasteiger partial charge in [0, 0.05) is 31.1 Å². The van der Waals surface area contributed by atoms with E-state index >= 15 is 0 Å². The van der Waals surface area contributed by atoms with Crippen molar-refractivity contribution in [1.82, 2.24) is 0 Å². The van der Waals surface area contributed by atoms with Gasteiger partial charge in [0.25, 0.3) is 0 Å². The van der Waals surface area contributed by atoms with Crippen molar-refractivity contribution < 1.29 is 34.2 Å². The summed E-state index contributed by atoms with van der Waals surface area (Å²) in [5, 5.41) is 30.0. The molecule has 0 aromatic carbocycles. The topological polar surface area (TPSA) is 115 Å². The predicted octanol–water partition coefficient (Wildman–Crippen LogP) is 5.24. The van der Waals surface area contributed by atoms with E-state index in [4.69, 9.17) is 0 Å². The van der Waals surface area contributed by atoms with Crippen molar-refractivity contribution in [1.29, 1.82) is 0 Å². The van der Waals surface area contributed by atoms with Gasteiger partial charge < -0.3 is 20.1 Å². The molecule has 0 saturated carbocycles. The van der Waals surface area contributed by atoms with Gasteiger partial charge in [0.2, 0.25) is 0 Å². The zero-order chi connectivity index (χ0) is 26.7. The van der Waals surface area contributed by atoms with E-state index in [1.165, 1.54) is 51.4 Å². The molecule has 0 saturated heterocycles. The van der Waals surface area contributed by atoms with Crippen molar-refractivity contribution in [2.24, 2.45) is 17.8 Å². The normalized spacial score (nSPS) is 16.0. The van der Waals surface area contributed by atoms with Crippen LogP contribution in [0, 0.1) is 17.8 Å². The Kier molecular flexibility index (Phi) is 18.3. The summed E-state index contributed by atoms with van der Waals surface area (Å²) in [4.78, 5) is 34.1. The first-order chi connectivity index (χ1) is 16.5. The number of carboxylic acid groups (broad SMARTS) is 3. The van der Waals surface area contributed by atoms with E-state index < -0.39 is 35.7 Å². The highest BCUT2D eigenvalue weighted by Gasteiger charge is 2.29. The fourth-order valence-electron chi connectivity index (χ4n) is 4.15. The first-order valence-electron chi connectivity index (χ1n) is 13.7. The zero-order valence-electron chi connectivity index (χ0n) is 22.7. The Hall–Kier alpha value is -1.89. The molecule has 3 unspecified atom stereocenters. The van der Waals surface area contributed by atoms with Gasteiger partial charge in [-0.2, -0.15) is 0 Å². The molecule has 0 spiro atoms. The van der Waals surface area contributed by atoms with Gasteiger partial charge in [-0.15, -0.1) is 0 Å². The van der Waals surface area contributed by atoms with Crippen molar-refractivity contribution in [3.63, 3.8) is 0 Å². The largest absolute Gasteiger partial charge is 0.550 e. The minimum atomic E-state index is -1.10. The SMILES string of the molecule is CCCCCCCCCCC/C=C/[N+](CCC(C)C(=O)[O-])(CCC(C)C(=O)O)CCC(C)C(=O)O. The van der Waals surface area contributed by atoms with E-state index in [0.717, 1.165) is 12.8 Å². The molecule has 204 valence electrons. The van der Waals surface area contributed by atoms with Crippen LogP contribution >= 0.6 is 0 Å². The zero-order valence-corrected chi connectivity index (χ0v) is 22.7. The fraction of sp³-hybridized carbons (Fsp3) is 0.821. The Morgan fingerprint density at radius 3 is 1.51 bits per heavy atom. The average Bonchev–Trinajstić information content (AvgIpc) is 2.82. The predicted molar refractivity (Wildman–Crippen MR) is 137 cm³/mol. The average molecular weight is 498 g/mol.